The monoisotopic (exact) mass is 526 g/mol. The van der Waals surface area contributed by atoms with E-state index in [4.69, 9.17) is 9.47 Å². The molecule has 2 aliphatic carbocycles. The van der Waals surface area contributed by atoms with Crippen molar-refractivity contribution < 1.29 is 14.3 Å². The van der Waals surface area contributed by atoms with E-state index in [9.17, 15) is 4.79 Å². The highest BCUT2D eigenvalue weighted by molar-refractivity contribution is 5.95. The Morgan fingerprint density at radius 2 is 1.92 bits per heavy atom. The van der Waals surface area contributed by atoms with Crippen molar-refractivity contribution in [2.75, 3.05) is 51.8 Å². The van der Waals surface area contributed by atoms with Crippen LogP contribution in [-0.2, 0) is 18.3 Å². The number of rotatable bonds is 3. The van der Waals surface area contributed by atoms with Crippen LogP contribution in [0.15, 0.2) is 30.6 Å². The van der Waals surface area contributed by atoms with Gasteiger partial charge in [0.05, 0.1) is 12.8 Å². The number of carbonyl (C=O) groups excluding carboxylic acids is 1. The Labute approximate surface area is 228 Å². The summed E-state index contributed by atoms with van der Waals surface area (Å²) in [5, 5.41) is 0. The van der Waals surface area contributed by atoms with E-state index in [1.807, 2.05) is 11.0 Å². The number of piperazine rings is 1. The molecular weight excluding hydrogens is 492 g/mol. The Kier molecular flexibility index (Phi) is 4.91. The number of nitrogens with zero attached hydrogens (tertiary/aromatic N) is 5. The van der Waals surface area contributed by atoms with Crippen molar-refractivity contribution in [2.24, 2.45) is 5.92 Å². The van der Waals surface area contributed by atoms with E-state index in [0.717, 1.165) is 67.6 Å². The van der Waals surface area contributed by atoms with E-state index in [1.165, 1.54) is 16.7 Å². The lowest BCUT2D eigenvalue weighted by molar-refractivity contribution is -0.0256. The fourth-order valence-electron chi connectivity index (χ4n) is 8.37. The second-order valence-electron chi connectivity index (χ2n) is 11.8. The van der Waals surface area contributed by atoms with Crippen molar-refractivity contribution in [1.29, 1.82) is 0 Å². The summed E-state index contributed by atoms with van der Waals surface area (Å²) in [6, 6.07) is 6.60. The van der Waals surface area contributed by atoms with E-state index in [1.54, 1.807) is 19.5 Å². The molecule has 39 heavy (non-hydrogen) atoms. The zero-order chi connectivity index (χ0) is 26.5. The van der Waals surface area contributed by atoms with Crippen molar-refractivity contribution in [1.82, 2.24) is 24.8 Å². The van der Waals surface area contributed by atoms with Crippen LogP contribution in [-0.4, -0.2) is 83.6 Å². The van der Waals surface area contributed by atoms with Gasteiger partial charge in [-0.3, -0.25) is 4.79 Å². The number of aromatic nitrogens is 3. The van der Waals surface area contributed by atoms with Crippen LogP contribution in [0.25, 0.3) is 0 Å². The fraction of sp³-hybridized carbons (Fsp3) is 0.500. The summed E-state index contributed by atoms with van der Waals surface area (Å²) in [6.45, 7) is 5.89. The Hall–Kier alpha value is -3.59. The maximum absolute atomic E-state index is 13.9. The molecule has 4 atom stereocenters. The Morgan fingerprint density at radius 1 is 1.13 bits per heavy atom. The fourth-order valence-corrected chi connectivity index (χ4v) is 8.37. The zero-order valence-corrected chi connectivity index (χ0v) is 22.7. The van der Waals surface area contributed by atoms with Gasteiger partial charge < -0.3 is 29.2 Å². The number of nitrogens with one attached hydrogen (secondary N) is 1. The predicted molar refractivity (Wildman–Crippen MR) is 146 cm³/mol. The standard InChI is InChI=1S/C30H34N6O3/c1-17-19-16-20-21-15-18-5-6-22(38-3)26-23(18)30(20,7-10-34(21)2)27(39-26)25(19)33-24(17)28(37)35-11-13-36(14-12-35)29-31-8-4-9-32-29/h4-6,8-9,20-21,27,33H,7,10-16H2,1-3H3/t20?,21-,27+,30+/m1/s1. The highest BCUT2D eigenvalue weighted by Gasteiger charge is 2.65. The van der Waals surface area contributed by atoms with Gasteiger partial charge in [-0.25, -0.2) is 9.97 Å². The molecule has 2 aromatic heterocycles. The molecule has 1 unspecified atom stereocenters. The van der Waals surface area contributed by atoms with Crippen molar-refractivity contribution in [2.45, 2.75) is 43.7 Å². The van der Waals surface area contributed by atoms with Crippen LogP contribution in [0.4, 0.5) is 5.95 Å². The summed E-state index contributed by atoms with van der Waals surface area (Å²) in [5.74, 6) is 2.98. The van der Waals surface area contributed by atoms with Gasteiger partial charge in [0.25, 0.3) is 5.91 Å². The Balaban J connectivity index is 1.15. The molecule has 202 valence electrons. The van der Waals surface area contributed by atoms with Crippen molar-refractivity contribution in [3.05, 3.63) is 64.2 Å². The molecule has 2 saturated heterocycles. The highest BCUT2D eigenvalue weighted by Crippen LogP contribution is 2.67. The van der Waals surface area contributed by atoms with Crippen molar-refractivity contribution in [3.8, 4) is 11.5 Å². The molecule has 9 nitrogen and oxygen atoms in total. The second-order valence-corrected chi connectivity index (χ2v) is 11.8. The molecule has 1 N–H and O–H groups in total. The molecule has 2 fully saturated rings. The molecule has 8 rings (SSSR count). The third kappa shape index (κ3) is 3.02. The first-order valence-electron chi connectivity index (χ1n) is 14.1. The third-order valence-electron chi connectivity index (χ3n) is 10.3. The van der Waals surface area contributed by atoms with Crippen molar-refractivity contribution in [3.63, 3.8) is 0 Å². The third-order valence-corrected chi connectivity index (χ3v) is 10.3. The number of hydrogen-bond donors (Lipinski definition) is 1. The number of methoxy groups -OCH3 is 1. The predicted octanol–water partition coefficient (Wildman–Crippen LogP) is 2.89. The van der Waals surface area contributed by atoms with Crippen LogP contribution in [0.5, 0.6) is 11.5 Å². The lowest BCUT2D eigenvalue weighted by Crippen LogP contribution is -2.62. The maximum Gasteiger partial charge on any atom is 0.270 e. The lowest BCUT2D eigenvalue weighted by atomic mass is 9.51. The molecule has 3 aliphatic heterocycles. The number of benzene rings is 1. The van der Waals surface area contributed by atoms with Crippen LogP contribution in [0.2, 0.25) is 0 Å². The summed E-state index contributed by atoms with van der Waals surface area (Å²) in [6.07, 6.45) is 6.45. The molecule has 1 aromatic carbocycles. The number of ether oxygens (including phenoxy) is 2. The molecule has 5 heterocycles. The van der Waals surface area contributed by atoms with Crippen molar-refractivity contribution >= 4 is 11.9 Å². The first-order chi connectivity index (χ1) is 19.0. The van der Waals surface area contributed by atoms with Gasteiger partial charge in [-0.15, -0.1) is 0 Å². The average molecular weight is 527 g/mol. The molecular formula is C30H34N6O3. The lowest BCUT2D eigenvalue weighted by Gasteiger charge is -2.57. The minimum atomic E-state index is -0.125. The average Bonchev–Trinajstić information content (AvgIpc) is 3.49. The van der Waals surface area contributed by atoms with Crippen LogP contribution in [0.1, 0.15) is 51.0 Å². The van der Waals surface area contributed by atoms with E-state index < -0.39 is 0 Å². The van der Waals surface area contributed by atoms with Crippen LogP contribution in [0.3, 0.4) is 0 Å². The Morgan fingerprint density at radius 3 is 2.69 bits per heavy atom. The normalized spacial score (nSPS) is 28.5. The van der Waals surface area contributed by atoms with Gasteiger partial charge in [0.15, 0.2) is 11.5 Å². The number of aromatic amines is 1. The van der Waals surface area contributed by atoms with E-state index in [2.05, 4.69) is 50.9 Å². The van der Waals surface area contributed by atoms with Gasteiger partial charge in [0.1, 0.15) is 11.8 Å². The number of anilines is 1. The van der Waals surface area contributed by atoms with Gasteiger partial charge in [0, 0.05) is 55.6 Å². The number of hydrogen-bond acceptors (Lipinski definition) is 7. The molecule has 1 amide bonds. The summed E-state index contributed by atoms with van der Waals surface area (Å²) in [5.41, 5.74) is 6.84. The number of fused-ring (bicyclic) bond motifs is 2. The molecule has 3 aromatic rings. The first-order valence-corrected chi connectivity index (χ1v) is 14.1. The SMILES string of the molecule is COc1ccc2c3c1O[C@H]1c4[nH]c(C(=O)N5CCN(c6ncccn6)CC5)c(C)c4CC4[C@@H](C2)N(C)CC[C@@]341. The van der Waals surface area contributed by atoms with Crippen LogP contribution in [0, 0.1) is 12.8 Å². The smallest absolute Gasteiger partial charge is 0.270 e. The summed E-state index contributed by atoms with van der Waals surface area (Å²) in [7, 11) is 4.00. The first kappa shape index (κ1) is 23.3. The molecule has 1 spiro atoms. The van der Waals surface area contributed by atoms with E-state index in [0.29, 0.717) is 30.7 Å². The summed E-state index contributed by atoms with van der Waals surface area (Å²) >= 11 is 0. The Bertz CT molecular complexity index is 1480. The number of H-pyrrole nitrogens is 1. The number of carbonyl (C=O) groups is 1. The topological polar surface area (TPSA) is 86.8 Å². The number of amides is 1. The highest BCUT2D eigenvalue weighted by atomic mass is 16.5. The van der Waals surface area contributed by atoms with Gasteiger partial charge in [-0.1, -0.05) is 6.07 Å². The van der Waals surface area contributed by atoms with Gasteiger partial charge >= 0.3 is 0 Å². The van der Waals surface area contributed by atoms with Crippen LogP contribution >= 0.6 is 0 Å². The number of likely N-dealkylation sites (tertiary alicyclic amines) is 1. The maximum atomic E-state index is 13.9. The van der Waals surface area contributed by atoms with Gasteiger partial charge in [-0.2, -0.15) is 0 Å². The molecule has 0 saturated carbocycles. The van der Waals surface area contributed by atoms with Gasteiger partial charge in [-0.05, 0) is 74.5 Å². The van der Waals surface area contributed by atoms with E-state index >= 15 is 0 Å². The summed E-state index contributed by atoms with van der Waals surface area (Å²) in [4.78, 5) is 33.0. The minimum Gasteiger partial charge on any atom is -0.493 e. The molecule has 0 radical (unpaired) electrons. The minimum absolute atomic E-state index is 0.0740. The number of likely N-dealkylation sites (N-methyl/N-ethyl adjacent to an activating group) is 1. The van der Waals surface area contributed by atoms with Crippen LogP contribution < -0.4 is 14.4 Å². The molecule has 2 bridgehead atoms. The quantitative estimate of drug-likeness (QED) is 0.562. The molecule has 5 aliphatic rings. The largest absolute Gasteiger partial charge is 0.493 e. The molecule has 9 heteroatoms. The van der Waals surface area contributed by atoms with E-state index in [-0.39, 0.29) is 17.4 Å². The summed E-state index contributed by atoms with van der Waals surface area (Å²) < 4.78 is 12.7. The second kappa shape index (κ2) is 8.21. The zero-order valence-electron chi connectivity index (χ0n) is 22.7. The number of piperidine rings is 1. The van der Waals surface area contributed by atoms with Gasteiger partial charge in [0.2, 0.25) is 5.95 Å².